The van der Waals surface area contributed by atoms with E-state index in [1.54, 1.807) is 31.3 Å². The number of nitrogens with zero attached hydrogens (tertiary/aromatic N) is 1. The zero-order valence-electron chi connectivity index (χ0n) is 16.7. The third-order valence-corrected chi connectivity index (χ3v) is 7.39. The number of anilines is 1. The van der Waals surface area contributed by atoms with Crippen LogP contribution >= 0.6 is 12.6 Å². The van der Waals surface area contributed by atoms with E-state index in [0.29, 0.717) is 5.69 Å². The van der Waals surface area contributed by atoms with E-state index in [1.807, 2.05) is 24.3 Å². The lowest BCUT2D eigenvalue weighted by atomic mass is 10.1. The van der Waals surface area contributed by atoms with Crippen molar-refractivity contribution in [2.75, 3.05) is 11.9 Å². The summed E-state index contributed by atoms with van der Waals surface area (Å²) in [4.78, 5) is 15.1. The van der Waals surface area contributed by atoms with Gasteiger partial charge in [-0.2, -0.15) is 0 Å². The molecule has 0 aromatic heterocycles. The highest BCUT2D eigenvalue weighted by atomic mass is 32.2. The summed E-state index contributed by atoms with van der Waals surface area (Å²) in [5.41, 5.74) is 1.51. The molecule has 0 radical (unpaired) electrons. The molecule has 1 N–H and O–H groups in total. The maximum atomic E-state index is 12.7. The highest BCUT2D eigenvalue weighted by Gasteiger charge is 2.21. The van der Waals surface area contributed by atoms with Gasteiger partial charge in [-0.05, 0) is 48.7 Å². The molecule has 1 fully saturated rings. The molecule has 1 amide bonds. The van der Waals surface area contributed by atoms with Gasteiger partial charge in [-0.25, -0.2) is 13.1 Å². The van der Waals surface area contributed by atoms with E-state index in [0.717, 1.165) is 36.1 Å². The number of carbonyl (C=O) groups is 1. The lowest BCUT2D eigenvalue weighted by Gasteiger charge is -2.19. The van der Waals surface area contributed by atoms with E-state index < -0.39 is 10.0 Å². The van der Waals surface area contributed by atoms with Crippen molar-refractivity contribution in [3.63, 3.8) is 0 Å². The van der Waals surface area contributed by atoms with Gasteiger partial charge >= 0.3 is 0 Å². The molecule has 1 aliphatic carbocycles. The molecule has 0 heterocycles. The van der Waals surface area contributed by atoms with Crippen LogP contribution < -0.4 is 9.62 Å². The molecule has 1 aliphatic rings. The Morgan fingerprint density at radius 3 is 2.28 bits per heavy atom. The predicted molar refractivity (Wildman–Crippen MR) is 119 cm³/mol. The third-order valence-electron chi connectivity index (χ3n) is 5.42. The number of thiol groups is 1. The van der Waals surface area contributed by atoms with Crippen LogP contribution in [-0.2, 0) is 21.2 Å². The zero-order chi connectivity index (χ0) is 20.9. The molecule has 29 heavy (non-hydrogen) atoms. The number of benzene rings is 2. The van der Waals surface area contributed by atoms with Crippen LogP contribution in [-0.4, -0.2) is 27.4 Å². The fourth-order valence-corrected chi connectivity index (χ4v) is 5.16. The summed E-state index contributed by atoms with van der Waals surface area (Å²) in [5.74, 6) is -0.0845. The van der Waals surface area contributed by atoms with Gasteiger partial charge in [0.25, 0.3) is 0 Å². The topological polar surface area (TPSA) is 66.5 Å². The SMILES string of the molecule is CN(C(=O)Cc1ccccc1S)c1ccc(S(=O)(=O)NC2CCCCCC2)cc1. The van der Waals surface area contributed by atoms with E-state index in [-0.39, 0.29) is 23.3 Å². The van der Waals surface area contributed by atoms with Gasteiger partial charge in [-0.1, -0.05) is 43.9 Å². The molecule has 0 bridgehead atoms. The fraction of sp³-hybridized carbons (Fsp3) is 0.409. The number of nitrogens with one attached hydrogen (secondary N) is 1. The van der Waals surface area contributed by atoms with Crippen LogP contribution in [0.25, 0.3) is 0 Å². The lowest BCUT2D eigenvalue weighted by Crippen LogP contribution is -2.34. The monoisotopic (exact) mass is 432 g/mol. The Morgan fingerprint density at radius 2 is 1.66 bits per heavy atom. The van der Waals surface area contributed by atoms with Crippen molar-refractivity contribution in [1.29, 1.82) is 0 Å². The van der Waals surface area contributed by atoms with Crippen LogP contribution in [0.1, 0.15) is 44.1 Å². The van der Waals surface area contributed by atoms with Crippen molar-refractivity contribution < 1.29 is 13.2 Å². The largest absolute Gasteiger partial charge is 0.315 e. The first-order valence-electron chi connectivity index (χ1n) is 10.0. The number of likely N-dealkylation sites (N-methyl/N-ethyl adjacent to an activating group) is 1. The summed E-state index contributed by atoms with van der Waals surface area (Å²) in [6, 6.07) is 14.0. The number of amides is 1. The molecule has 0 aliphatic heterocycles. The first kappa shape index (κ1) is 21.9. The Morgan fingerprint density at radius 1 is 1.03 bits per heavy atom. The van der Waals surface area contributed by atoms with Crippen molar-refractivity contribution in [1.82, 2.24) is 4.72 Å². The molecule has 0 atom stereocenters. The van der Waals surface area contributed by atoms with Crippen LogP contribution in [0, 0.1) is 0 Å². The van der Waals surface area contributed by atoms with Gasteiger partial charge in [0.2, 0.25) is 15.9 Å². The lowest BCUT2D eigenvalue weighted by molar-refractivity contribution is -0.117. The van der Waals surface area contributed by atoms with E-state index >= 15 is 0 Å². The predicted octanol–water partition coefficient (Wildman–Crippen LogP) is 4.18. The fourth-order valence-electron chi connectivity index (χ4n) is 3.62. The highest BCUT2D eigenvalue weighted by molar-refractivity contribution is 7.89. The van der Waals surface area contributed by atoms with Crippen LogP contribution in [0.5, 0.6) is 0 Å². The Balaban J connectivity index is 1.66. The van der Waals surface area contributed by atoms with E-state index in [2.05, 4.69) is 17.4 Å². The number of hydrogen-bond donors (Lipinski definition) is 2. The second kappa shape index (κ2) is 9.78. The minimum atomic E-state index is -3.56. The summed E-state index contributed by atoms with van der Waals surface area (Å²) in [6.45, 7) is 0. The highest BCUT2D eigenvalue weighted by Crippen LogP contribution is 2.22. The standard InChI is InChI=1S/C22H28N2O3S2/c1-24(22(25)16-17-8-6-7-11-21(17)28)19-12-14-20(15-13-19)29(26,27)23-18-9-4-2-3-5-10-18/h6-8,11-15,18,23,28H,2-5,9-10,16H2,1H3. The Bertz CT molecular complexity index is 935. The smallest absolute Gasteiger partial charge is 0.240 e. The van der Waals surface area contributed by atoms with Crippen molar-refractivity contribution in [3.8, 4) is 0 Å². The summed E-state index contributed by atoms with van der Waals surface area (Å²) in [7, 11) is -1.87. The molecular weight excluding hydrogens is 404 g/mol. The van der Waals surface area contributed by atoms with E-state index in [1.165, 1.54) is 17.7 Å². The maximum absolute atomic E-state index is 12.7. The molecule has 5 nitrogen and oxygen atoms in total. The quantitative estimate of drug-likeness (QED) is 0.532. The van der Waals surface area contributed by atoms with Crippen molar-refractivity contribution >= 4 is 34.2 Å². The van der Waals surface area contributed by atoms with Crippen molar-refractivity contribution in [2.24, 2.45) is 0 Å². The summed E-state index contributed by atoms with van der Waals surface area (Å²) < 4.78 is 28.3. The van der Waals surface area contributed by atoms with Crippen molar-refractivity contribution in [3.05, 3.63) is 54.1 Å². The molecule has 7 heteroatoms. The van der Waals surface area contributed by atoms with Crippen LogP contribution in [0.2, 0.25) is 0 Å². The molecule has 2 aromatic carbocycles. The average Bonchev–Trinajstić information content (AvgIpc) is 2.97. The average molecular weight is 433 g/mol. The molecule has 3 rings (SSSR count). The summed E-state index contributed by atoms with van der Waals surface area (Å²) in [6.07, 6.45) is 6.49. The molecule has 0 saturated heterocycles. The minimum absolute atomic E-state index is 0.00716. The minimum Gasteiger partial charge on any atom is -0.315 e. The van der Waals surface area contributed by atoms with Crippen molar-refractivity contribution in [2.45, 2.75) is 60.8 Å². The molecular formula is C22H28N2O3S2. The van der Waals surface area contributed by atoms with Gasteiger partial charge in [0, 0.05) is 23.7 Å². The number of carbonyl (C=O) groups excluding carboxylic acids is 1. The maximum Gasteiger partial charge on any atom is 0.240 e. The molecule has 0 spiro atoms. The van der Waals surface area contributed by atoms with Gasteiger partial charge in [0.15, 0.2) is 0 Å². The zero-order valence-corrected chi connectivity index (χ0v) is 18.4. The summed E-state index contributed by atoms with van der Waals surface area (Å²) >= 11 is 4.39. The van der Waals surface area contributed by atoms with Gasteiger partial charge in [0.1, 0.15) is 0 Å². The first-order chi connectivity index (χ1) is 13.9. The molecule has 2 aromatic rings. The summed E-state index contributed by atoms with van der Waals surface area (Å²) in [5, 5.41) is 0. The second-order valence-corrected chi connectivity index (χ2v) is 9.76. The number of hydrogen-bond acceptors (Lipinski definition) is 4. The Kier molecular flexibility index (Phi) is 7.38. The molecule has 1 saturated carbocycles. The molecule has 0 unspecified atom stereocenters. The van der Waals surface area contributed by atoms with Gasteiger partial charge in [0.05, 0.1) is 11.3 Å². The second-order valence-electron chi connectivity index (χ2n) is 7.56. The van der Waals surface area contributed by atoms with E-state index in [9.17, 15) is 13.2 Å². The Hall–Kier alpha value is -1.83. The van der Waals surface area contributed by atoms with Crippen LogP contribution in [0.3, 0.4) is 0 Å². The molecule has 156 valence electrons. The van der Waals surface area contributed by atoms with Gasteiger partial charge in [-0.15, -0.1) is 12.6 Å². The van der Waals surface area contributed by atoms with Crippen LogP contribution in [0.4, 0.5) is 5.69 Å². The third kappa shape index (κ3) is 5.84. The number of sulfonamides is 1. The Labute approximate surface area is 179 Å². The normalized spacial score (nSPS) is 15.7. The number of rotatable bonds is 6. The van der Waals surface area contributed by atoms with Gasteiger partial charge < -0.3 is 4.90 Å². The van der Waals surface area contributed by atoms with Crippen LogP contribution in [0.15, 0.2) is 58.3 Å². The first-order valence-corrected chi connectivity index (χ1v) is 12.0. The van der Waals surface area contributed by atoms with Gasteiger partial charge in [-0.3, -0.25) is 4.79 Å². The van der Waals surface area contributed by atoms with E-state index in [4.69, 9.17) is 0 Å².